The molecule has 0 radical (unpaired) electrons. The maximum atomic E-state index is 14.1. The molecule has 0 amide bonds. The zero-order valence-corrected chi connectivity index (χ0v) is 24.6. The third kappa shape index (κ3) is 3.76. The van der Waals surface area contributed by atoms with Crippen LogP contribution in [0.3, 0.4) is 0 Å². The van der Waals surface area contributed by atoms with E-state index in [9.17, 15) is 4.79 Å². The fourth-order valence-corrected chi connectivity index (χ4v) is 7.81. The van der Waals surface area contributed by atoms with Crippen LogP contribution >= 0.6 is 11.6 Å². The van der Waals surface area contributed by atoms with Gasteiger partial charge in [-0.25, -0.2) is 0 Å². The highest BCUT2D eigenvalue weighted by molar-refractivity contribution is 6.35. The summed E-state index contributed by atoms with van der Waals surface area (Å²) in [4.78, 5) is 14.1. The van der Waals surface area contributed by atoms with Crippen molar-refractivity contribution in [3.8, 4) is 17.2 Å². The normalized spacial score (nSPS) is 24.9. The predicted octanol–water partition coefficient (Wildman–Crippen LogP) is 7.27. The van der Waals surface area contributed by atoms with E-state index in [-0.39, 0.29) is 11.7 Å². The smallest absolute Gasteiger partial charge is 0.214 e. The summed E-state index contributed by atoms with van der Waals surface area (Å²) in [5, 5.41) is 1.55. The number of aromatic nitrogens is 1. The first-order valence-electron chi connectivity index (χ1n) is 14.3. The van der Waals surface area contributed by atoms with Crippen molar-refractivity contribution < 1.29 is 23.7 Å². The lowest BCUT2D eigenvalue weighted by Gasteiger charge is -2.49. The lowest BCUT2D eigenvalue weighted by Crippen LogP contribution is -2.55. The highest BCUT2D eigenvalue weighted by Crippen LogP contribution is 2.59. The van der Waals surface area contributed by atoms with E-state index in [4.69, 9.17) is 30.5 Å². The van der Waals surface area contributed by atoms with Gasteiger partial charge in [-0.2, -0.15) is 0 Å². The minimum Gasteiger partial charge on any atom is -0.496 e. The van der Waals surface area contributed by atoms with Crippen molar-refractivity contribution in [1.29, 1.82) is 0 Å². The molecular formula is C34H34ClNO5. The molecule has 3 unspecified atom stereocenters. The Kier molecular flexibility index (Phi) is 6.14. The van der Waals surface area contributed by atoms with Crippen molar-refractivity contribution in [1.82, 2.24) is 4.57 Å². The number of ketones is 1. The molecule has 7 heteroatoms. The van der Waals surface area contributed by atoms with Gasteiger partial charge in [-0.05, 0) is 43.9 Å². The Balaban J connectivity index is 1.31. The molecule has 1 aliphatic carbocycles. The SMILES string of the molecule is COc1cc(OC)c2c(c1Cl)OC1(CCC3(CC1C)OCCc1c3c3cc(C)ccc3n1Cc1ccccc1)C2=O. The van der Waals surface area contributed by atoms with Crippen molar-refractivity contribution in [2.24, 2.45) is 5.92 Å². The van der Waals surface area contributed by atoms with Crippen LogP contribution in [0.5, 0.6) is 17.2 Å². The Hall–Kier alpha value is -3.48. The first kappa shape index (κ1) is 26.4. The number of carbonyl (C=O) groups is 1. The van der Waals surface area contributed by atoms with E-state index in [1.54, 1.807) is 20.3 Å². The summed E-state index contributed by atoms with van der Waals surface area (Å²) >= 11 is 6.67. The molecule has 2 spiro atoms. The minimum absolute atomic E-state index is 0.0744. The Morgan fingerprint density at radius 3 is 2.56 bits per heavy atom. The molecule has 41 heavy (non-hydrogen) atoms. The van der Waals surface area contributed by atoms with Gasteiger partial charge >= 0.3 is 0 Å². The standard InChI is InChI=1S/C34H34ClNO5/c1-20-10-11-24-23(16-20)29-25(36(24)19-22-8-6-5-7-9-22)12-15-40-33(29)13-14-34(21(2)18-33)32(37)28-26(38-3)17-27(39-4)30(35)31(28)41-34/h5-11,16-17,21H,12-15,18-19H2,1-4H3. The topological polar surface area (TPSA) is 58.9 Å². The van der Waals surface area contributed by atoms with Gasteiger partial charge in [0.1, 0.15) is 22.1 Å². The number of Topliss-reactive ketones (excluding diaryl/α,β-unsaturated/α-hetero) is 1. The minimum atomic E-state index is -1.03. The largest absolute Gasteiger partial charge is 0.496 e. The van der Waals surface area contributed by atoms with Gasteiger partial charge in [-0.15, -0.1) is 0 Å². The fourth-order valence-electron chi connectivity index (χ4n) is 7.54. The van der Waals surface area contributed by atoms with Gasteiger partial charge in [-0.1, -0.05) is 60.5 Å². The second-order valence-electron chi connectivity index (χ2n) is 11.7. The lowest BCUT2D eigenvalue weighted by atomic mass is 9.64. The van der Waals surface area contributed by atoms with Crippen molar-refractivity contribution >= 4 is 28.3 Å². The van der Waals surface area contributed by atoms with Gasteiger partial charge in [0.25, 0.3) is 0 Å². The van der Waals surface area contributed by atoms with E-state index in [1.165, 1.54) is 33.3 Å². The van der Waals surface area contributed by atoms with Gasteiger partial charge in [0, 0.05) is 47.1 Å². The average molecular weight is 572 g/mol. The molecule has 3 atom stereocenters. The van der Waals surface area contributed by atoms with Gasteiger partial charge < -0.3 is 23.5 Å². The number of halogens is 1. The van der Waals surface area contributed by atoms with Crippen LogP contribution in [-0.2, 0) is 23.3 Å². The molecule has 1 fully saturated rings. The van der Waals surface area contributed by atoms with Crippen LogP contribution in [0, 0.1) is 12.8 Å². The van der Waals surface area contributed by atoms with Crippen molar-refractivity contribution in [2.75, 3.05) is 20.8 Å². The first-order chi connectivity index (χ1) is 19.8. The van der Waals surface area contributed by atoms with Crippen LogP contribution in [0.15, 0.2) is 54.6 Å². The van der Waals surface area contributed by atoms with Crippen LogP contribution in [0.1, 0.15) is 58.9 Å². The summed E-state index contributed by atoms with van der Waals surface area (Å²) in [6.07, 6.45) is 2.69. The van der Waals surface area contributed by atoms with Crippen LogP contribution in [-0.4, -0.2) is 36.8 Å². The third-order valence-electron chi connectivity index (χ3n) is 9.50. The quantitative estimate of drug-likeness (QED) is 0.258. The second-order valence-corrected chi connectivity index (χ2v) is 12.1. The summed E-state index contributed by atoms with van der Waals surface area (Å²) < 4.78 is 26.9. The van der Waals surface area contributed by atoms with Gasteiger partial charge in [0.15, 0.2) is 11.4 Å². The number of methoxy groups -OCH3 is 2. The van der Waals surface area contributed by atoms with Crippen LogP contribution < -0.4 is 14.2 Å². The van der Waals surface area contributed by atoms with E-state index in [0.717, 1.165) is 13.0 Å². The highest BCUT2D eigenvalue weighted by atomic mass is 35.5. The van der Waals surface area contributed by atoms with Crippen molar-refractivity contribution in [2.45, 2.75) is 57.3 Å². The van der Waals surface area contributed by atoms with Gasteiger partial charge in [0.2, 0.25) is 5.78 Å². The maximum absolute atomic E-state index is 14.1. The maximum Gasteiger partial charge on any atom is 0.214 e. The number of benzene rings is 3. The van der Waals surface area contributed by atoms with E-state index in [2.05, 4.69) is 66.9 Å². The Morgan fingerprint density at radius 1 is 1.05 bits per heavy atom. The summed E-state index contributed by atoms with van der Waals surface area (Å²) in [6, 6.07) is 19.0. The number of hydrogen-bond acceptors (Lipinski definition) is 5. The van der Waals surface area contributed by atoms with E-state index in [0.29, 0.717) is 53.7 Å². The third-order valence-corrected chi connectivity index (χ3v) is 9.86. The summed E-state index contributed by atoms with van der Waals surface area (Å²) in [6.45, 7) is 5.70. The molecular weight excluding hydrogens is 538 g/mol. The number of rotatable bonds is 4. The number of ether oxygens (including phenoxy) is 4. The number of hydrogen-bond donors (Lipinski definition) is 0. The number of carbonyl (C=O) groups excluding carboxylic acids is 1. The number of fused-ring (bicyclic) bond motifs is 5. The number of nitrogens with zero attached hydrogens (tertiary/aromatic N) is 1. The van der Waals surface area contributed by atoms with Crippen molar-refractivity contribution in [3.63, 3.8) is 0 Å². The van der Waals surface area contributed by atoms with Gasteiger partial charge in [0.05, 0.1) is 26.4 Å². The molecule has 1 saturated carbocycles. The second kappa shape index (κ2) is 9.53. The summed E-state index contributed by atoms with van der Waals surface area (Å²) in [7, 11) is 3.09. The molecule has 0 saturated heterocycles. The molecule has 3 heterocycles. The molecule has 1 aromatic heterocycles. The van der Waals surface area contributed by atoms with Crippen molar-refractivity contribution in [3.05, 3.63) is 87.6 Å². The number of aryl methyl sites for hydroxylation is 1. The van der Waals surface area contributed by atoms with Gasteiger partial charge in [-0.3, -0.25) is 4.79 Å². The molecule has 212 valence electrons. The van der Waals surface area contributed by atoms with E-state index in [1.807, 2.05) is 0 Å². The molecule has 0 bridgehead atoms. The zero-order valence-electron chi connectivity index (χ0n) is 23.9. The predicted molar refractivity (Wildman–Crippen MR) is 159 cm³/mol. The van der Waals surface area contributed by atoms with E-state index < -0.39 is 11.2 Å². The molecule has 3 aliphatic rings. The average Bonchev–Trinajstić information content (AvgIpc) is 3.45. The molecule has 4 aromatic rings. The Morgan fingerprint density at radius 2 is 1.83 bits per heavy atom. The first-order valence-corrected chi connectivity index (χ1v) is 14.7. The zero-order chi connectivity index (χ0) is 28.5. The lowest BCUT2D eigenvalue weighted by molar-refractivity contribution is -0.130. The Labute approximate surface area is 245 Å². The summed E-state index contributed by atoms with van der Waals surface area (Å²) in [5.41, 5.74) is 5.20. The highest BCUT2D eigenvalue weighted by Gasteiger charge is 2.60. The molecule has 3 aromatic carbocycles. The molecule has 7 rings (SSSR count). The fraction of sp³-hybridized carbons (Fsp3) is 0.382. The monoisotopic (exact) mass is 571 g/mol. The van der Waals surface area contributed by atoms with E-state index >= 15 is 0 Å². The van der Waals surface area contributed by atoms with Crippen LogP contribution in [0.25, 0.3) is 10.9 Å². The van der Waals surface area contributed by atoms with Crippen LogP contribution in [0.2, 0.25) is 5.02 Å². The summed E-state index contributed by atoms with van der Waals surface area (Å²) in [5.74, 6) is 0.997. The molecule has 0 N–H and O–H groups in total. The Bertz CT molecular complexity index is 1700. The molecule has 6 nitrogen and oxygen atoms in total. The van der Waals surface area contributed by atoms with Crippen LogP contribution in [0.4, 0.5) is 0 Å². The molecule has 2 aliphatic heterocycles.